The molecule has 3 heterocycles. The van der Waals surface area contributed by atoms with E-state index in [0.717, 1.165) is 10.8 Å². The fraction of sp³-hybridized carbons (Fsp3) is 0.333. The highest BCUT2D eigenvalue weighted by molar-refractivity contribution is 7.09. The zero-order valence-corrected chi connectivity index (χ0v) is 13.5. The second kappa shape index (κ2) is 5.96. The molecule has 0 saturated heterocycles. The molecule has 1 aliphatic carbocycles. The molecule has 0 radical (unpaired) electrons. The van der Waals surface area contributed by atoms with Gasteiger partial charge in [-0.25, -0.2) is 9.97 Å². The van der Waals surface area contributed by atoms with Crippen molar-refractivity contribution < 1.29 is 0 Å². The molecule has 1 unspecified atom stereocenters. The summed E-state index contributed by atoms with van der Waals surface area (Å²) in [6.07, 6.45) is 6.02. The van der Waals surface area contributed by atoms with Crippen molar-refractivity contribution in [3.63, 3.8) is 0 Å². The number of H-pyrrole nitrogens is 1. The van der Waals surface area contributed by atoms with Gasteiger partial charge < -0.3 is 10.6 Å². The normalized spacial score (nSPS) is 15.3. The van der Waals surface area contributed by atoms with Crippen molar-refractivity contribution in [2.75, 3.05) is 10.6 Å². The molecule has 3 N–H and O–H groups in total. The van der Waals surface area contributed by atoms with Crippen LogP contribution in [0.1, 0.15) is 42.4 Å². The van der Waals surface area contributed by atoms with Crippen molar-refractivity contribution in [1.29, 1.82) is 0 Å². The zero-order chi connectivity index (χ0) is 15.6. The van der Waals surface area contributed by atoms with Gasteiger partial charge >= 0.3 is 0 Å². The molecule has 0 aromatic carbocycles. The van der Waals surface area contributed by atoms with Gasteiger partial charge in [-0.2, -0.15) is 10.1 Å². The quantitative estimate of drug-likeness (QED) is 0.642. The van der Waals surface area contributed by atoms with E-state index in [1.54, 1.807) is 23.7 Å². The van der Waals surface area contributed by atoms with Crippen LogP contribution in [0.2, 0.25) is 0 Å². The van der Waals surface area contributed by atoms with Gasteiger partial charge in [0.25, 0.3) is 0 Å². The number of thiazole rings is 1. The minimum atomic E-state index is 0.0668. The highest BCUT2D eigenvalue weighted by Gasteiger charge is 2.25. The minimum Gasteiger partial charge on any atom is -0.345 e. The zero-order valence-electron chi connectivity index (χ0n) is 12.7. The van der Waals surface area contributed by atoms with E-state index in [2.05, 4.69) is 35.8 Å². The predicted octanol–water partition coefficient (Wildman–Crippen LogP) is 3.45. The molecule has 7 nitrogen and oxygen atoms in total. The second-order valence-electron chi connectivity index (χ2n) is 5.61. The molecular weight excluding hydrogens is 310 g/mol. The van der Waals surface area contributed by atoms with Gasteiger partial charge in [0.15, 0.2) is 5.82 Å². The van der Waals surface area contributed by atoms with Gasteiger partial charge in [0.05, 0.1) is 6.04 Å². The molecule has 23 heavy (non-hydrogen) atoms. The third-order valence-corrected chi connectivity index (χ3v) is 4.65. The van der Waals surface area contributed by atoms with E-state index in [-0.39, 0.29) is 6.04 Å². The van der Waals surface area contributed by atoms with Gasteiger partial charge in [0, 0.05) is 35.5 Å². The maximum absolute atomic E-state index is 4.48. The average Bonchev–Trinajstić information content (AvgIpc) is 3.06. The summed E-state index contributed by atoms with van der Waals surface area (Å²) in [7, 11) is 0. The van der Waals surface area contributed by atoms with Crippen LogP contribution < -0.4 is 10.6 Å². The first-order valence-electron chi connectivity index (χ1n) is 7.59. The van der Waals surface area contributed by atoms with Crippen molar-refractivity contribution >= 4 is 28.9 Å². The molecular formula is C15H17N7S. The van der Waals surface area contributed by atoms with Gasteiger partial charge in [-0.15, -0.1) is 11.3 Å². The van der Waals surface area contributed by atoms with Gasteiger partial charge in [0.1, 0.15) is 10.8 Å². The van der Waals surface area contributed by atoms with Crippen LogP contribution >= 0.6 is 11.3 Å². The topological polar surface area (TPSA) is 91.4 Å². The molecule has 8 heteroatoms. The maximum atomic E-state index is 4.48. The van der Waals surface area contributed by atoms with Crippen LogP contribution in [0.15, 0.2) is 29.9 Å². The van der Waals surface area contributed by atoms with Crippen LogP contribution in [0.25, 0.3) is 0 Å². The van der Waals surface area contributed by atoms with Crippen molar-refractivity contribution in [2.24, 2.45) is 0 Å². The van der Waals surface area contributed by atoms with Crippen LogP contribution in [0.3, 0.4) is 0 Å². The molecule has 0 aliphatic heterocycles. The van der Waals surface area contributed by atoms with E-state index in [1.165, 1.54) is 18.5 Å². The van der Waals surface area contributed by atoms with E-state index in [4.69, 9.17) is 0 Å². The van der Waals surface area contributed by atoms with Crippen LogP contribution in [0.4, 0.5) is 17.6 Å². The van der Waals surface area contributed by atoms with Crippen LogP contribution in [0, 0.1) is 0 Å². The second-order valence-corrected chi connectivity index (χ2v) is 6.54. The van der Waals surface area contributed by atoms with Gasteiger partial charge in [-0.05, 0) is 25.8 Å². The van der Waals surface area contributed by atoms with Crippen LogP contribution in [-0.4, -0.2) is 25.1 Å². The summed E-state index contributed by atoms with van der Waals surface area (Å²) < 4.78 is 0. The lowest BCUT2D eigenvalue weighted by molar-refractivity contribution is 0.848. The van der Waals surface area contributed by atoms with Gasteiger partial charge in [-0.1, -0.05) is 0 Å². The van der Waals surface area contributed by atoms with Gasteiger partial charge in [0.2, 0.25) is 5.95 Å². The summed E-state index contributed by atoms with van der Waals surface area (Å²) >= 11 is 1.61. The summed E-state index contributed by atoms with van der Waals surface area (Å²) in [5.41, 5.74) is 1.19. The molecule has 3 aromatic heterocycles. The Morgan fingerprint density at radius 3 is 2.96 bits per heavy atom. The lowest BCUT2D eigenvalue weighted by atomic mass is 10.3. The summed E-state index contributed by atoms with van der Waals surface area (Å²) in [5.74, 6) is 2.71. The Hall–Kier alpha value is -2.48. The molecule has 1 fully saturated rings. The van der Waals surface area contributed by atoms with Crippen LogP contribution in [0.5, 0.6) is 0 Å². The maximum Gasteiger partial charge on any atom is 0.225 e. The van der Waals surface area contributed by atoms with E-state index < -0.39 is 0 Å². The third kappa shape index (κ3) is 3.31. The number of aromatic nitrogens is 5. The van der Waals surface area contributed by atoms with Crippen LogP contribution in [-0.2, 0) is 0 Å². The van der Waals surface area contributed by atoms with E-state index >= 15 is 0 Å². The van der Waals surface area contributed by atoms with Crippen molar-refractivity contribution in [3.8, 4) is 0 Å². The summed E-state index contributed by atoms with van der Waals surface area (Å²) in [5, 5.41) is 16.8. The molecule has 3 aromatic rings. The predicted molar refractivity (Wildman–Crippen MR) is 90.0 cm³/mol. The number of anilines is 3. The van der Waals surface area contributed by atoms with Crippen molar-refractivity contribution in [2.45, 2.75) is 31.7 Å². The number of hydrogen-bond acceptors (Lipinski definition) is 7. The first kappa shape index (κ1) is 14.1. The fourth-order valence-electron chi connectivity index (χ4n) is 2.34. The number of aromatic amines is 1. The molecule has 0 bridgehead atoms. The lowest BCUT2D eigenvalue weighted by Gasteiger charge is -2.11. The molecule has 1 saturated carbocycles. The molecule has 118 valence electrons. The highest BCUT2D eigenvalue weighted by atomic mass is 32.1. The van der Waals surface area contributed by atoms with E-state index in [9.17, 15) is 0 Å². The first-order valence-corrected chi connectivity index (χ1v) is 8.47. The lowest BCUT2D eigenvalue weighted by Crippen LogP contribution is -2.09. The highest BCUT2D eigenvalue weighted by Crippen LogP contribution is 2.39. The fourth-order valence-corrected chi connectivity index (χ4v) is 2.98. The summed E-state index contributed by atoms with van der Waals surface area (Å²) in [6, 6.07) is 3.94. The number of hydrogen-bond donors (Lipinski definition) is 3. The Balaban J connectivity index is 1.44. The minimum absolute atomic E-state index is 0.0668. The van der Waals surface area contributed by atoms with E-state index in [0.29, 0.717) is 17.7 Å². The Kier molecular flexibility index (Phi) is 3.66. The molecule has 4 rings (SSSR count). The third-order valence-electron chi connectivity index (χ3n) is 3.69. The monoisotopic (exact) mass is 327 g/mol. The Morgan fingerprint density at radius 1 is 1.26 bits per heavy atom. The first-order chi connectivity index (χ1) is 11.3. The smallest absolute Gasteiger partial charge is 0.225 e. The molecule has 0 spiro atoms. The molecule has 0 amide bonds. The largest absolute Gasteiger partial charge is 0.345 e. The summed E-state index contributed by atoms with van der Waals surface area (Å²) in [4.78, 5) is 13.0. The molecule has 1 atom stereocenters. The summed E-state index contributed by atoms with van der Waals surface area (Å²) in [6.45, 7) is 2.04. The number of rotatable bonds is 6. The SMILES string of the molecule is CC(Nc1nccc(Nc2cc(C3CC3)[nH]n2)n1)c1nccs1. The van der Waals surface area contributed by atoms with Crippen molar-refractivity contribution in [1.82, 2.24) is 25.1 Å². The van der Waals surface area contributed by atoms with E-state index in [1.807, 2.05) is 24.4 Å². The standard InChI is InChI=1S/C15H17N7S/c1-9(14-16-6-7-23-14)18-15-17-5-4-12(20-15)19-13-8-11(21-22-13)10-2-3-10/h4-10H,2-3H2,1H3,(H3,17,18,19,20,21,22). The Bertz CT molecular complexity index is 779. The average molecular weight is 327 g/mol. The Morgan fingerprint density at radius 2 is 2.17 bits per heavy atom. The van der Waals surface area contributed by atoms with Gasteiger partial charge in [-0.3, -0.25) is 5.10 Å². The number of nitrogens with one attached hydrogen (secondary N) is 3. The number of nitrogens with zero attached hydrogens (tertiary/aromatic N) is 4. The van der Waals surface area contributed by atoms with Crippen molar-refractivity contribution in [3.05, 3.63) is 40.6 Å². The Labute approximate surface area is 137 Å². The molecule has 1 aliphatic rings.